The Morgan fingerprint density at radius 1 is 0.477 bits per heavy atom. The maximum atomic E-state index is 12.9. The molecule has 0 aromatic heterocycles. The van der Waals surface area contributed by atoms with Crippen molar-refractivity contribution in [3.63, 3.8) is 0 Å². The summed E-state index contributed by atoms with van der Waals surface area (Å²) in [6, 6.07) is 0. The van der Waals surface area contributed by atoms with Gasteiger partial charge in [-0.15, -0.1) is 0 Å². The molecule has 0 aromatic rings. The normalized spacial score (nSPS) is 21.5. The van der Waals surface area contributed by atoms with Crippen molar-refractivity contribution in [1.82, 2.24) is 0 Å². The van der Waals surface area contributed by atoms with E-state index in [2.05, 4.69) is 26.0 Å². The first kappa shape index (κ1) is 62.1. The van der Waals surface area contributed by atoms with E-state index in [0.717, 1.165) is 44.9 Å². The van der Waals surface area contributed by atoms with Crippen LogP contribution in [0.4, 0.5) is 0 Å². The molecule has 1 aliphatic carbocycles. The number of esters is 1. The molecule has 386 valence electrons. The Morgan fingerprint density at radius 2 is 0.815 bits per heavy atom. The van der Waals surface area contributed by atoms with E-state index < -0.39 is 63.1 Å². The monoisotopic (exact) mass is 949 g/mol. The van der Waals surface area contributed by atoms with Crippen LogP contribution in [-0.2, 0) is 27.9 Å². The molecule has 0 aliphatic heterocycles. The van der Waals surface area contributed by atoms with Gasteiger partial charge in [-0.05, 0) is 38.5 Å². The van der Waals surface area contributed by atoms with Gasteiger partial charge in [0.05, 0.1) is 13.2 Å². The number of hydrogen-bond donors (Lipinski definition) is 6. The molecule has 6 N–H and O–H groups in total. The molecule has 0 heterocycles. The minimum absolute atomic E-state index is 0.0719. The second kappa shape index (κ2) is 43.1. The molecule has 6 unspecified atom stereocenters. The number of aliphatic hydroxyl groups is 5. The zero-order chi connectivity index (χ0) is 47.6. The second-order valence-electron chi connectivity index (χ2n) is 19.1. The average Bonchev–Trinajstić information content (AvgIpc) is 3.29. The quantitative estimate of drug-likeness (QED) is 0.0147. The molecule has 1 rings (SSSR count). The lowest BCUT2D eigenvalue weighted by molar-refractivity contribution is -0.220. The van der Waals surface area contributed by atoms with Gasteiger partial charge in [-0.2, -0.15) is 0 Å². The van der Waals surface area contributed by atoms with Crippen LogP contribution in [0.15, 0.2) is 12.2 Å². The van der Waals surface area contributed by atoms with E-state index >= 15 is 0 Å². The number of hydrogen-bond acceptors (Lipinski definition) is 11. The van der Waals surface area contributed by atoms with Gasteiger partial charge in [0.2, 0.25) is 0 Å². The molecule has 1 aliphatic rings. The molecule has 0 amide bonds. The lowest BCUT2D eigenvalue weighted by Gasteiger charge is -2.41. The summed E-state index contributed by atoms with van der Waals surface area (Å²) in [5.74, 6) is -0.476. The maximum absolute atomic E-state index is 12.9. The zero-order valence-electron chi connectivity index (χ0n) is 41.6. The third-order valence-electron chi connectivity index (χ3n) is 12.9. The number of unbranched alkanes of at least 4 members (excludes halogenated alkanes) is 33. The van der Waals surface area contributed by atoms with Crippen LogP contribution in [-0.4, -0.2) is 98.9 Å². The van der Waals surface area contributed by atoms with Crippen LogP contribution < -0.4 is 0 Å². The van der Waals surface area contributed by atoms with Crippen molar-refractivity contribution < 1.29 is 58.3 Å². The summed E-state index contributed by atoms with van der Waals surface area (Å²) < 4.78 is 34.3. The van der Waals surface area contributed by atoms with Crippen LogP contribution in [0.5, 0.6) is 0 Å². The van der Waals surface area contributed by atoms with Crippen molar-refractivity contribution in [2.24, 2.45) is 0 Å². The van der Waals surface area contributed by atoms with Gasteiger partial charge >= 0.3 is 13.8 Å². The third-order valence-corrected chi connectivity index (χ3v) is 13.9. The fraction of sp³-hybridized carbons (Fsp3) is 0.942. The van der Waals surface area contributed by atoms with Crippen molar-refractivity contribution >= 4 is 13.8 Å². The molecule has 0 bridgehead atoms. The van der Waals surface area contributed by atoms with Crippen molar-refractivity contribution in [1.29, 1.82) is 0 Å². The molecule has 65 heavy (non-hydrogen) atoms. The summed E-state index contributed by atoms with van der Waals surface area (Å²) in [6.07, 6.45) is 37.1. The van der Waals surface area contributed by atoms with Crippen LogP contribution in [0.2, 0.25) is 0 Å². The molecule has 0 aromatic carbocycles. The van der Waals surface area contributed by atoms with Crippen molar-refractivity contribution in [2.45, 2.75) is 294 Å². The van der Waals surface area contributed by atoms with Gasteiger partial charge in [0.25, 0.3) is 0 Å². The Bertz CT molecular complexity index is 1130. The van der Waals surface area contributed by atoms with Crippen LogP contribution in [0.1, 0.15) is 251 Å². The molecule has 12 nitrogen and oxygen atoms in total. The number of ether oxygens (including phenoxy) is 2. The van der Waals surface area contributed by atoms with Gasteiger partial charge in [-0.25, -0.2) is 4.57 Å². The van der Waals surface area contributed by atoms with E-state index in [0.29, 0.717) is 13.0 Å². The van der Waals surface area contributed by atoms with Gasteiger partial charge in [-0.3, -0.25) is 13.8 Å². The number of phosphoric acid groups is 1. The summed E-state index contributed by atoms with van der Waals surface area (Å²) in [4.78, 5) is 23.3. The van der Waals surface area contributed by atoms with E-state index in [1.807, 2.05) is 0 Å². The van der Waals surface area contributed by atoms with Gasteiger partial charge < -0.3 is 39.9 Å². The minimum atomic E-state index is -5.02. The lowest BCUT2D eigenvalue weighted by atomic mass is 9.85. The van der Waals surface area contributed by atoms with Gasteiger partial charge in [0.15, 0.2) is 0 Å². The molecule has 0 radical (unpaired) electrons. The summed E-state index contributed by atoms with van der Waals surface area (Å²) >= 11 is 0. The zero-order valence-corrected chi connectivity index (χ0v) is 42.5. The third kappa shape index (κ3) is 34.9. The molecular weight excluding hydrogens is 848 g/mol. The summed E-state index contributed by atoms with van der Waals surface area (Å²) in [7, 11) is -5.02. The predicted molar refractivity (Wildman–Crippen MR) is 263 cm³/mol. The summed E-state index contributed by atoms with van der Waals surface area (Å²) in [5.41, 5.74) is 0. The Kier molecular flexibility index (Phi) is 41.2. The number of rotatable bonds is 47. The van der Waals surface area contributed by atoms with E-state index in [4.69, 9.17) is 18.5 Å². The largest absolute Gasteiger partial charge is 0.472 e. The van der Waals surface area contributed by atoms with Gasteiger partial charge in [0, 0.05) is 13.0 Å². The van der Waals surface area contributed by atoms with E-state index in [9.17, 15) is 39.8 Å². The average molecular weight is 949 g/mol. The molecular formula is C52H101O12P. The van der Waals surface area contributed by atoms with Gasteiger partial charge in [-0.1, -0.05) is 219 Å². The Labute approximate surface area is 397 Å². The highest BCUT2D eigenvalue weighted by Gasteiger charge is 2.51. The number of carbonyl (C=O) groups excluding carboxylic acids is 1. The molecule has 0 saturated heterocycles. The first-order chi connectivity index (χ1) is 31.5. The second-order valence-corrected chi connectivity index (χ2v) is 20.5. The van der Waals surface area contributed by atoms with Crippen molar-refractivity contribution in [3.05, 3.63) is 12.2 Å². The fourth-order valence-electron chi connectivity index (χ4n) is 8.59. The number of carbonyl (C=O) groups is 1. The maximum Gasteiger partial charge on any atom is 0.472 e. The fourth-order valence-corrected chi connectivity index (χ4v) is 9.56. The molecule has 1 saturated carbocycles. The van der Waals surface area contributed by atoms with Gasteiger partial charge in [0.1, 0.15) is 42.7 Å². The molecule has 6 atom stereocenters. The lowest BCUT2D eigenvalue weighted by Crippen LogP contribution is -2.64. The van der Waals surface area contributed by atoms with Crippen LogP contribution in [0, 0.1) is 0 Å². The number of phosphoric ester groups is 1. The van der Waals surface area contributed by atoms with Crippen molar-refractivity contribution in [3.8, 4) is 0 Å². The highest BCUT2D eigenvalue weighted by molar-refractivity contribution is 7.47. The highest BCUT2D eigenvalue weighted by atomic mass is 31.2. The van der Waals surface area contributed by atoms with E-state index in [1.165, 1.54) is 180 Å². The van der Waals surface area contributed by atoms with Crippen LogP contribution in [0.3, 0.4) is 0 Å². The first-order valence-electron chi connectivity index (χ1n) is 27.0. The minimum Gasteiger partial charge on any atom is -0.457 e. The number of allylic oxidation sites excluding steroid dienone is 2. The Balaban J connectivity index is 2.31. The van der Waals surface area contributed by atoms with E-state index in [-0.39, 0.29) is 13.0 Å². The molecule has 13 heteroatoms. The molecule has 0 spiro atoms. The number of aliphatic hydroxyl groups excluding tert-OH is 5. The van der Waals surface area contributed by atoms with Crippen molar-refractivity contribution in [2.75, 3.05) is 19.8 Å². The summed E-state index contributed by atoms with van der Waals surface area (Å²) in [5, 5.41) is 50.3. The Morgan fingerprint density at radius 3 is 1.22 bits per heavy atom. The summed E-state index contributed by atoms with van der Waals surface area (Å²) in [6.45, 7) is 4.31. The smallest absolute Gasteiger partial charge is 0.457 e. The van der Waals surface area contributed by atoms with Crippen LogP contribution in [0.25, 0.3) is 0 Å². The first-order valence-corrected chi connectivity index (χ1v) is 28.5. The van der Waals surface area contributed by atoms with E-state index in [1.54, 1.807) is 0 Å². The standard InChI is InChI=1S/C52H101O12P/c1-3-5-7-9-11-13-15-17-19-21-23-24-26-28-30-32-34-36-38-40-42-61-43-45(44-62-65(59,60)64-52-50(57)48(55)47(54)49(56)51(52)58)63-46(53)41-39-37-35-33-31-29-27-25-22-20-18-16-14-12-10-8-6-4-2/h20,22,45,47-52,54-58H,3-19,21,23-44H2,1-2H3,(H,59,60)/b22-20-. The predicted octanol–water partition coefficient (Wildman–Crippen LogP) is 12.3. The SMILES string of the molecule is CCCCCCCCC/C=C\CCCCCCCCCC(=O)OC(COCCCCCCCCCCCCCCCCCCCCCC)COP(=O)(O)OC1C(O)C(O)C(O)C(O)C1O. The Hall–Kier alpha value is -0.920. The molecule has 1 fully saturated rings. The highest BCUT2D eigenvalue weighted by Crippen LogP contribution is 2.47. The van der Waals surface area contributed by atoms with Crippen LogP contribution >= 0.6 is 7.82 Å². The topological polar surface area (TPSA) is 192 Å².